The second kappa shape index (κ2) is 7.65. The van der Waals surface area contributed by atoms with Gasteiger partial charge < -0.3 is 15.0 Å². The zero-order chi connectivity index (χ0) is 21.4. The van der Waals surface area contributed by atoms with Crippen LogP contribution < -0.4 is 10.5 Å². The van der Waals surface area contributed by atoms with Gasteiger partial charge in [0.15, 0.2) is 0 Å². The zero-order valence-electron chi connectivity index (χ0n) is 17.2. The minimum atomic E-state index is -0.413. The van der Waals surface area contributed by atoms with Gasteiger partial charge in [0, 0.05) is 22.9 Å². The minimum absolute atomic E-state index is 0.413. The van der Waals surface area contributed by atoms with Crippen LogP contribution in [0.25, 0.3) is 32.9 Å². The van der Waals surface area contributed by atoms with Crippen LogP contribution in [0, 0.1) is 0 Å². The number of hydrogen-bond donors (Lipinski definition) is 1. The molecular formula is C27H22N2O2. The molecule has 0 radical (unpaired) electrons. The van der Waals surface area contributed by atoms with Crippen molar-refractivity contribution in [3.63, 3.8) is 0 Å². The molecule has 0 unspecified atom stereocenters. The van der Waals surface area contributed by atoms with Crippen molar-refractivity contribution >= 4 is 27.7 Å². The van der Waals surface area contributed by atoms with Crippen molar-refractivity contribution in [1.82, 2.24) is 4.57 Å². The summed E-state index contributed by atoms with van der Waals surface area (Å²) >= 11 is 0. The number of nitrogens with two attached hydrogens (primary N) is 1. The summed E-state index contributed by atoms with van der Waals surface area (Å²) in [4.78, 5) is 12.2. The predicted molar refractivity (Wildman–Crippen MR) is 125 cm³/mol. The van der Waals surface area contributed by atoms with Gasteiger partial charge in [-0.25, -0.2) is 0 Å². The van der Waals surface area contributed by atoms with Crippen molar-refractivity contribution < 1.29 is 9.53 Å². The molecule has 0 saturated carbocycles. The Morgan fingerprint density at radius 2 is 1.58 bits per heavy atom. The van der Waals surface area contributed by atoms with E-state index in [0.717, 1.165) is 38.7 Å². The van der Waals surface area contributed by atoms with Crippen molar-refractivity contribution in [2.75, 3.05) is 7.11 Å². The van der Waals surface area contributed by atoms with Crippen LogP contribution in [0.3, 0.4) is 0 Å². The van der Waals surface area contributed by atoms with Gasteiger partial charge in [0.2, 0.25) is 5.91 Å². The van der Waals surface area contributed by atoms with Crippen molar-refractivity contribution in [3.8, 4) is 16.9 Å². The molecule has 0 aliphatic carbocycles. The lowest BCUT2D eigenvalue weighted by atomic mass is 10.0. The number of methoxy groups -OCH3 is 1. The van der Waals surface area contributed by atoms with Gasteiger partial charge in [0.05, 0.1) is 18.1 Å². The maximum Gasteiger partial charge on any atom is 0.249 e. The minimum Gasteiger partial charge on any atom is -0.497 e. The molecule has 0 aliphatic heterocycles. The smallest absolute Gasteiger partial charge is 0.249 e. The van der Waals surface area contributed by atoms with Crippen LogP contribution in [0.4, 0.5) is 0 Å². The number of primary amides is 1. The number of amides is 1. The second-order valence-electron chi connectivity index (χ2n) is 7.60. The fourth-order valence-electron chi connectivity index (χ4n) is 4.25. The van der Waals surface area contributed by atoms with Gasteiger partial charge >= 0.3 is 0 Å². The van der Waals surface area contributed by atoms with Crippen LogP contribution in [-0.4, -0.2) is 17.6 Å². The topological polar surface area (TPSA) is 57.2 Å². The normalized spacial score (nSPS) is 11.1. The summed E-state index contributed by atoms with van der Waals surface area (Å²) in [5.41, 5.74) is 11.7. The van der Waals surface area contributed by atoms with Crippen LogP contribution in [0.1, 0.15) is 15.9 Å². The third-order valence-corrected chi connectivity index (χ3v) is 5.76. The fraction of sp³-hybridized carbons (Fsp3) is 0.0741. The summed E-state index contributed by atoms with van der Waals surface area (Å²) in [7, 11) is 1.67. The first-order valence-corrected chi connectivity index (χ1v) is 10.2. The largest absolute Gasteiger partial charge is 0.497 e. The van der Waals surface area contributed by atoms with Crippen molar-refractivity contribution in [2.45, 2.75) is 6.54 Å². The highest BCUT2D eigenvalue weighted by Crippen LogP contribution is 2.35. The number of ether oxygens (including phenoxy) is 1. The average molecular weight is 406 g/mol. The van der Waals surface area contributed by atoms with Crippen LogP contribution in [0.5, 0.6) is 5.75 Å². The van der Waals surface area contributed by atoms with Crippen LogP contribution in [0.2, 0.25) is 0 Å². The maximum atomic E-state index is 12.2. The second-order valence-corrected chi connectivity index (χ2v) is 7.60. The van der Waals surface area contributed by atoms with Gasteiger partial charge in [-0.05, 0) is 47.0 Å². The van der Waals surface area contributed by atoms with Crippen molar-refractivity contribution in [3.05, 3.63) is 102 Å². The Balaban J connectivity index is 1.77. The van der Waals surface area contributed by atoms with Gasteiger partial charge in [-0.2, -0.15) is 0 Å². The standard InChI is InChI=1S/C27H22N2O2/c1-31-21-13-10-19(11-14-21)20-12-15-22-25(16-20)29(17-18-6-3-2-4-7-18)24-9-5-8-23(26(22)24)27(28)30/h2-16H,17H2,1H3,(H2,28,30). The van der Waals surface area contributed by atoms with Crippen molar-refractivity contribution in [1.29, 1.82) is 0 Å². The van der Waals surface area contributed by atoms with E-state index in [1.54, 1.807) is 13.2 Å². The van der Waals surface area contributed by atoms with Gasteiger partial charge in [-0.1, -0.05) is 60.7 Å². The lowest BCUT2D eigenvalue weighted by Gasteiger charge is -2.09. The lowest BCUT2D eigenvalue weighted by molar-refractivity contribution is 0.100. The van der Waals surface area contributed by atoms with Gasteiger partial charge in [0.1, 0.15) is 5.75 Å². The van der Waals surface area contributed by atoms with E-state index in [4.69, 9.17) is 10.5 Å². The first-order valence-electron chi connectivity index (χ1n) is 10.2. The molecule has 0 spiro atoms. The molecule has 0 fully saturated rings. The van der Waals surface area contributed by atoms with E-state index >= 15 is 0 Å². The Morgan fingerprint density at radius 3 is 2.29 bits per heavy atom. The highest BCUT2D eigenvalue weighted by molar-refractivity contribution is 6.18. The van der Waals surface area contributed by atoms with Crippen LogP contribution in [-0.2, 0) is 6.54 Å². The highest BCUT2D eigenvalue weighted by atomic mass is 16.5. The number of nitrogens with zero attached hydrogens (tertiary/aromatic N) is 1. The molecule has 0 saturated heterocycles. The molecule has 5 aromatic rings. The first-order chi connectivity index (χ1) is 15.2. The van der Waals surface area contributed by atoms with Gasteiger partial charge in [0.25, 0.3) is 0 Å². The summed E-state index contributed by atoms with van der Waals surface area (Å²) in [6.07, 6.45) is 0. The molecule has 31 heavy (non-hydrogen) atoms. The number of aromatic nitrogens is 1. The van der Waals surface area contributed by atoms with Gasteiger partial charge in [-0.3, -0.25) is 4.79 Å². The zero-order valence-corrected chi connectivity index (χ0v) is 17.2. The van der Waals surface area contributed by atoms with Crippen LogP contribution >= 0.6 is 0 Å². The Kier molecular flexibility index (Phi) is 4.68. The molecule has 0 aliphatic rings. The lowest BCUT2D eigenvalue weighted by Crippen LogP contribution is -2.11. The van der Waals surface area contributed by atoms with E-state index < -0.39 is 5.91 Å². The molecule has 1 aromatic heterocycles. The first kappa shape index (κ1) is 18.9. The maximum absolute atomic E-state index is 12.2. The number of carbonyl (C=O) groups excluding carboxylic acids is 1. The summed E-state index contributed by atoms with van der Waals surface area (Å²) in [5, 5.41) is 1.93. The number of carbonyl (C=O) groups is 1. The average Bonchev–Trinajstić information content (AvgIpc) is 3.12. The van der Waals surface area contributed by atoms with E-state index in [0.29, 0.717) is 12.1 Å². The number of fused-ring (bicyclic) bond motifs is 3. The fourth-order valence-corrected chi connectivity index (χ4v) is 4.25. The number of benzene rings is 4. The predicted octanol–water partition coefficient (Wildman–Crippen LogP) is 5.62. The number of rotatable bonds is 5. The summed E-state index contributed by atoms with van der Waals surface area (Å²) in [6.45, 7) is 0.703. The van der Waals surface area contributed by atoms with E-state index in [1.807, 2.05) is 36.4 Å². The summed E-state index contributed by atoms with van der Waals surface area (Å²) < 4.78 is 7.55. The molecule has 4 heteroatoms. The monoisotopic (exact) mass is 406 g/mol. The molecule has 0 atom stereocenters. The van der Waals surface area contributed by atoms with E-state index in [9.17, 15) is 4.79 Å². The molecule has 1 amide bonds. The van der Waals surface area contributed by atoms with Crippen molar-refractivity contribution in [2.24, 2.45) is 5.73 Å². The van der Waals surface area contributed by atoms with Crippen LogP contribution in [0.15, 0.2) is 91.0 Å². The van der Waals surface area contributed by atoms with E-state index in [1.165, 1.54) is 5.56 Å². The van der Waals surface area contributed by atoms with Gasteiger partial charge in [-0.15, -0.1) is 0 Å². The SMILES string of the molecule is COc1ccc(-c2ccc3c4c(C(N)=O)cccc4n(Cc4ccccc4)c3c2)cc1. The van der Waals surface area contributed by atoms with E-state index in [2.05, 4.69) is 53.1 Å². The highest BCUT2D eigenvalue weighted by Gasteiger charge is 2.17. The third-order valence-electron chi connectivity index (χ3n) is 5.76. The molecule has 152 valence electrons. The van der Waals surface area contributed by atoms with E-state index in [-0.39, 0.29) is 0 Å². The molecule has 4 aromatic carbocycles. The Labute approximate surface area is 180 Å². The third kappa shape index (κ3) is 3.32. The Hall–Kier alpha value is -4.05. The molecule has 4 nitrogen and oxygen atoms in total. The summed E-state index contributed by atoms with van der Waals surface area (Å²) in [6, 6.07) is 30.5. The summed E-state index contributed by atoms with van der Waals surface area (Å²) in [5.74, 6) is 0.415. The molecule has 5 rings (SSSR count). The quantitative estimate of drug-likeness (QED) is 0.412. The Morgan fingerprint density at radius 1 is 0.839 bits per heavy atom. The molecular weight excluding hydrogens is 384 g/mol. The molecule has 2 N–H and O–H groups in total. The molecule has 0 bridgehead atoms. The Bertz CT molecular complexity index is 1400. The molecule has 1 heterocycles. The number of hydrogen-bond acceptors (Lipinski definition) is 2.